The fourth-order valence-electron chi connectivity index (χ4n) is 5.31. The molecule has 3 atom stereocenters. The van der Waals surface area contributed by atoms with E-state index in [1.165, 1.54) is 19.1 Å². The van der Waals surface area contributed by atoms with Crippen LogP contribution in [0.1, 0.15) is 43.0 Å². The number of aliphatic hydroxyl groups is 2. The van der Waals surface area contributed by atoms with Crippen LogP contribution in [0.3, 0.4) is 0 Å². The molecule has 2 unspecified atom stereocenters. The number of fused-ring (bicyclic) bond motifs is 2. The number of carbonyl (C=O) groups is 2. The van der Waals surface area contributed by atoms with Gasteiger partial charge >= 0.3 is 0 Å². The Morgan fingerprint density at radius 1 is 1.09 bits per heavy atom. The predicted molar refractivity (Wildman–Crippen MR) is 124 cm³/mol. The van der Waals surface area contributed by atoms with Crippen molar-refractivity contribution in [2.45, 2.75) is 54.5 Å². The standard InChI is InChI=1S/C24H24ClF2NO6S/c1-12(29)22(30)24(32)14-3-4-15(24)10-17(9-14)35(33,34)21-8-13(2-6-18(21)25)23(31)28-16-5-7-19(26)20(27)11-16/h2,5-8,11-12,14-15,17,29,32H,3-4,9-10H2,1H3,(H,28,31)/t12-,14?,15?,17?,24?/m0/s1. The average Bonchev–Trinajstić information content (AvgIpc) is 2.97. The summed E-state index contributed by atoms with van der Waals surface area (Å²) in [5.41, 5.74) is -1.84. The summed E-state index contributed by atoms with van der Waals surface area (Å²) in [4.78, 5) is 24.9. The number of carbonyl (C=O) groups excluding carboxylic acids is 2. The van der Waals surface area contributed by atoms with E-state index in [-0.39, 0.29) is 34.0 Å². The van der Waals surface area contributed by atoms with Gasteiger partial charge in [-0.25, -0.2) is 17.2 Å². The summed E-state index contributed by atoms with van der Waals surface area (Å²) in [7, 11) is -4.06. The summed E-state index contributed by atoms with van der Waals surface area (Å²) in [6, 6.07) is 6.51. The normalized spacial score (nSPS) is 26.9. The number of nitrogens with one attached hydrogen (secondary N) is 1. The Hall–Kier alpha value is -2.40. The van der Waals surface area contributed by atoms with Crippen LogP contribution in [0.2, 0.25) is 5.02 Å². The molecule has 2 aromatic rings. The lowest BCUT2D eigenvalue weighted by molar-refractivity contribution is -0.157. The lowest BCUT2D eigenvalue weighted by Crippen LogP contribution is -2.56. The number of aliphatic hydroxyl groups excluding tert-OH is 1. The van der Waals surface area contributed by atoms with E-state index in [0.717, 1.165) is 24.3 Å². The Kier molecular flexibility index (Phi) is 6.78. The highest BCUT2D eigenvalue weighted by Gasteiger charge is 2.60. The summed E-state index contributed by atoms with van der Waals surface area (Å²) in [5.74, 6) is -4.92. The number of ketones is 1. The van der Waals surface area contributed by atoms with Gasteiger partial charge in [-0.05, 0) is 74.8 Å². The molecule has 2 fully saturated rings. The van der Waals surface area contributed by atoms with Gasteiger partial charge in [-0.15, -0.1) is 0 Å². The molecule has 0 radical (unpaired) electrons. The van der Waals surface area contributed by atoms with Crippen molar-refractivity contribution in [1.29, 1.82) is 0 Å². The highest BCUT2D eigenvalue weighted by Crippen LogP contribution is 2.52. The van der Waals surface area contributed by atoms with Gasteiger partial charge in [0.2, 0.25) is 0 Å². The van der Waals surface area contributed by atoms with Gasteiger partial charge in [0.25, 0.3) is 5.91 Å². The van der Waals surface area contributed by atoms with E-state index < -0.39 is 62.0 Å². The Labute approximate surface area is 206 Å². The third-order valence-corrected chi connectivity index (χ3v) is 9.75. The van der Waals surface area contributed by atoms with Crippen LogP contribution in [0.5, 0.6) is 0 Å². The van der Waals surface area contributed by atoms with Crippen molar-refractivity contribution in [1.82, 2.24) is 0 Å². The lowest BCUT2D eigenvalue weighted by atomic mass is 9.71. The number of Topliss-reactive ketones (excluding diaryl/α,β-unsaturated/α-hetero) is 1. The molecule has 0 spiro atoms. The van der Waals surface area contributed by atoms with E-state index >= 15 is 0 Å². The highest BCUT2D eigenvalue weighted by molar-refractivity contribution is 7.92. The summed E-state index contributed by atoms with van der Waals surface area (Å²) in [5, 5.41) is 22.2. The topological polar surface area (TPSA) is 121 Å². The minimum absolute atomic E-state index is 0.00933. The third kappa shape index (κ3) is 4.48. The van der Waals surface area contributed by atoms with Crippen LogP contribution in [0, 0.1) is 23.5 Å². The molecule has 188 valence electrons. The van der Waals surface area contributed by atoms with Crippen LogP contribution in [0.4, 0.5) is 14.5 Å². The van der Waals surface area contributed by atoms with Crippen LogP contribution in [0.25, 0.3) is 0 Å². The molecule has 7 nitrogen and oxygen atoms in total. The Morgan fingerprint density at radius 2 is 1.71 bits per heavy atom. The first-order valence-electron chi connectivity index (χ1n) is 11.1. The van der Waals surface area contributed by atoms with Crippen molar-refractivity contribution in [2.75, 3.05) is 5.32 Å². The fraction of sp³-hybridized carbons (Fsp3) is 0.417. The number of halogens is 3. The van der Waals surface area contributed by atoms with Gasteiger partial charge in [-0.1, -0.05) is 11.6 Å². The minimum Gasteiger partial charge on any atom is -0.385 e. The molecule has 2 bridgehead atoms. The molecule has 3 N–H and O–H groups in total. The van der Waals surface area contributed by atoms with Gasteiger partial charge < -0.3 is 15.5 Å². The molecule has 2 saturated carbocycles. The smallest absolute Gasteiger partial charge is 0.255 e. The van der Waals surface area contributed by atoms with E-state index in [1.54, 1.807) is 0 Å². The lowest BCUT2D eigenvalue weighted by Gasteiger charge is -2.41. The Bertz CT molecular complexity index is 1280. The zero-order valence-corrected chi connectivity index (χ0v) is 20.2. The fourth-order valence-corrected chi connectivity index (χ4v) is 7.71. The molecule has 0 aliphatic heterocycles. The quantitative estimate of drug-likeness (QED) is 0.528. The maximum Gasteiger partial charge on any atom is 0.255 e. The van der Waals surface area contributed by atoms with Gasteiger partial charge in [0.05, 0.1) is 15.2 Å². The average molecular weight is 528 g/mol. The third-order valence-electron chi connectivity index (χ3n) is 7.09. The maximum atomic E-state index is 13.5. The van der Waals surface area contributed by atoms with Crippen LogP contribution in [0.15, 0.2) is 41.3 Å². The van der Waals surface area contributed by atoms with Gasteiger partial charge in [0.1, 0.15) is 11.7 Å². The minimum atomic E-state index is -4.06. The molecule has 0 aromatic heterocycles. The first-order valence-corrected chi connectivity index (χ1v) is 13.0. The molecule has 4 rings (SSSR count). The Balaban J connectivity index is 1.59. The van der Waals surface area contributed by atoms with E-state index in [2.05, 4.69) is 5.32 Å². The number of amides is 1. The maximum absolute atomic E-state index is 13.5. The van der Waals surface area contributed by atoms with Crippen molar-refractivity contribution in [3.05, 3.63) is 58.6 Å². The van der Waals surface area contributed by atoms with Gasteiger partial charge in [-0.3, -0.25) is 9.59 Å². The van der Waals surface area contributed by atoms with Gasteiger partial charge in [0.15, 0.2) is 27.3 Å². The van der Waals surface area contributed by atoms with Crippen molar-refractivity contribution in [3.8, 4) is 0 Å². The van der Waals surface area contributed by atoms with Crippen LogP contribution in [-0.2, 0) is 14.6 Å². The monoisotopic (exact) mass is 527 g/mol. The first kappa shape index (κ1) is 25.7. The van der Waals surface area contributed by atoms with Crippen molar-refractivity contribution in [2.24, 2.45) is 11.8 Å². The summed E-state index contributed by atoms with van der Waals surface area (Å²) >= 11 is 6.20. The predicted octanol–water partition coefficient (Wildman–Crippen LogP) is 3.51. The molecule has 0 saturated heterocycles. The number of sulfone groups is 1. The summed E-state index contributed by atoms with van der Waals surface area (Å²) in [6.45, 7) is 1.28. The van der Waals surface area contributed by atoms with Gasteiger partial charge in [0, 0.05) is 17.3 Å². The second-order valence-corrected chi connectivity index (χ2v) is 11.8. The second-order valence-electron chi connectivity index (χ2n) is 9.20. The van der Waals surface area contributed by atoms with E-state index in [0.29, 0.717) is 12.8 Å². The molecule has 0 heterocycles. The zero-order valence-electron chi connectivity index (χ0n) is 18.7. The molecule has 2 aliphatic rings. The SMILES string of the molecule is C[C@H](O)C(=O)C1(O)C2CCC1CC(S(=O)(=O)c1cc(C(=O)Nc3ccc(F)c(F)c3)ccc1Cl)C2. The molecule has 1 amide bonds. The Morgan fingerprint density at radius 3 is 2.29 bits per heavy atom. The molecular weight excluding hydrogens is 504 g/mol. The number of hydrogen-bond acceptors (Lipinski definition) is 6. The molecule has 2 aromatic carbocycles. The molecule has 35 heavy (non-hydrogen) atoms. The molecule has 2 aliphatic carbocycles. The van der Waals surface area contributed by atoms with Crippen molar-refractivity contribution >= 4 is 38.8 Å². The summed E-state index contributed by atoms with van der Waals surface area (Å²) < 4.78 is 53.7. The van der Waals surface area contributed by atoms with E-state index in [9.17, 15) is 37.0 Å². The number of anilines is 1. The first-order chi connectivity index (χ1) is 16.4. The highest BCUT2D eigenvalue weighted by atomic mass is 35.5. The van der Waals surface area contributed by atoms with E-state index in [1.807, 2.05) is 0 Å². The number of benzene rings is 2. The van der Waals surface area contributed by atoms with E-state index in [4.69, 9.17) is 11.6 Å². The zero-order chi connectivity index (χ0) is 25.7. The number of rotatable bonds is 6. The summed E-state index contributed by atoms with van der Waals surface area (Å²) in [6.07, 6.45) is -0.438. The molecular formula is C24H24ClF2NO6S. The van der Waals surface area contributed by atoms with Crippen molar-refractivity contribution in [3.63, 3.8) is 0 Å². The number of hydrogen-bond donors (Lipinski definition) is 3. The largest absolute Gasteiger partial charge is 0.385 e. The van der Waals surface area contributed by atoms with Crippen LogP contribution >= 0.6 is 11.6 Å². The van der Waals surface area contributed by atoms with Crippen LogP contribution in [-0.4, -0.2) is 47.3 Å². The molecule has 11 heteroatoms. The second kappa shape index (κ2) is 9.24. The van der Waals surface area contributed by atoms with Crippen molar-refractivity contribution < 1.29 is 37.0 Å². The van der Waals surface area contributed by atoms with Crippen LogP contribution < -0.4 is 5.32 Å². The van der Waals surface area contributed by atoms with Gasteiger partial charge in [-0.2, -0.15) is 0 Å².